The van der Waals surface area contributed by atoms with Crippen LogP contribution >= 0.6 is 50.8 Å². The summed E-state index contributed by atoms with van der Waals surface area (Å²) in [5.41, 5.74) is 1.05. The van der Waals surface area contributed by atoms with E-state index in [0.717, 1.165) is 15.8 Å². The molecule has 4 atom stereocenters. The van der Waals surface area contributed by atoms with E-state index in [9.17, 15) is 5.11 Å². The summed E-state index contributed by atoms with van der Waals surface area (Å²) < 4.78 is 1.04. The van der Waals surface area contributed by atoms with Gasteiger partial charge in [-0.25, -0.2) is 0 Å². The minimum atomic E-state index is -0.340. The van der Waals surface area contributed by atoms with E-state index in [0.29, 0.717) is 15.7 Å². The van der Waals surface area contributed by atoms with Crippen molar-refractivity contribution >= 4 is 50.8 Å². The first kappa shape index (κ1) is 13.3. The topological polar surface area (TPSA) is 20.2 Å². The van der Waals surface area contributed by atoms with Gasteiger partial charge in [0.05, 0.1) is 6.10 Å². The molecular weight excluding hydrogens is 324 g/mol. The molecule has 1 aromatic heterocycles. The van der Waals surface area contributed by atoms with Crippen molar-refractivity contribution in [3.63, 3.8) is 0 Å². The largest absolute Gasteiger partial charge is 0.387 e. The first-order chi connectivity index (χ1) is 7.59. The summed E-state index contributed by atoms with van der Waals surface area (Å²) in [6.07, 6.45) is -0.340. The van der Waals surface area contributed by atoms with Gasteiger partial charge in [0.1, 0.15) is 0 Å². The van der Waals surface area contributed by atoms with Gasteiger partial charge in [0, 0.05) is 36.9 Å². The van der Waals surface area contributed by atoms with Gasteiger partial charge in [0.2, 0.25) is 0 Å². The molecule has 5 heteroatoms. The van der Waals surface area contributed by atoms with Crippen molar-refractivity contribution in [2.24, 2.45) is 0 Å². The Bertz CT molecular complexity index is 355. The van der Waals surface area contributed by atoms with E-state index in [1.807, 2.05) is 34.3 Å². The van der Waals surface area contributed by atoms with E-state index in [1.165, 1.54) is 0 Å². The van der Waals surface area contributed by atoms with Gasteiger partial charge in [0.25, 0.3) is 0 Å². The summed E-state index contributed by atoms with van der Waals surface area (Å²) in [5, 5.41) is 16.1. The molecular formula is C11H15BrOS3. The Morgan fingerprint density at radius 2 is 2.12 bits per heavy atom. The van der Waals surface area contributed by atoms with Gasteiger partial charge in [-0.3, -0.25) is 0 Å². The zero-order valence-electron chi connectivity index (χ0n) is 9.22. The summed E-state index contributed by atoms with van der Waals surface area (Å²) >= 11 is 9.03. The van der Waals surface area contributed by atoms with Crippen LogP contribution in [0, 0.1) is 0 Å². The van der Waals surface area contributed by atoms with E-state index < -0.39 is 0 Å². The second-order valence-electron chi connectivity index (χ2n) is 4.04. The zero-order chi connectivity index (χ0) is 11.7. The second-order valence-corrected chi connectivity index (χ2v) is 8.67. The predicted molar refractivity (Wildman–Crippen MR) is 79.7 cm³/mol. The molecule has 16 heavy (non-hydrogen) atoms. The van der Waals surface area contributed by atoms with Crippen molar-refractivity contribution in [1.82, 2.24) is 0 Å². The van der Waals surface area contributed by atoms with Crippen LogP contribution in [0.2, 0.25) is 0 Å². The average Bonchev–Trinajstić information content (AvgIpc) is 2.67. The minimum absolute atomic E-state index is 0.321. The van der Waals surface area contributed by atoms with Crippen LogP contribution in [-0.2, 0) is 0 Å². The molecule has 0 saturated carbocycles. The lowest BCUT2D eigenvalue weighted by Crippen LogP contribution is -2.30. The average molecular weight is 339 g/mol. The Hall–Kier alpha value is 0.840. The minimum Gasteiger partial charge on any atom is -0.387 e. The molecule has 1 aliphatic heterocycles. The Kier molecular flexibility index (Phi) is 4.69. The van der Waals surface area contributed by atoms with Gasteiger partial charge in [-0.15, -0.1) is 0 Å². The highest BCUT2D eigenvalue weighted by atomic mass is 79.9. The van der Waals surface area contributed by atoms with Gasteiger partial charge in [-0.2, -0.15) is 34.9 Å². The number of aliphatic hydroxyl groups excluding tert-OH is 1. The highest BCUT2D eigenvalue weighted by molar-refractivity contribution is 9.10. The molecule has 0 aliphatic carbocycles. The van der Waals surface area contributed by atoms with Crippen molar-refractivity contribution in [1.29, 1.82) is 0 Å². The predicted octanol–water partition coefficient (Wildman–Crippen LogP) is 4.17. The third-order valence-corrected chi connectivity index (χ3v) is 8.12. The van der Waals surface area contributed by atoms with Crippen molar-refractivity contribution in [3.8, 4) is 0 Å². The van der Waals surface area contributed by atoms with Gasteiger partial charge < -0.3 is 5.11 Å². The fourth-order valence-corrected chi connectivity index (χ4v) is 6.23. The van der Waals surface area contributed by atoms with Gasteiger partial charge in [-0.1, -0.05) is 13.8 Å². The van der Waals surface area contributed by atoms with Crippen LogP contribution in [0.3, 0.4) is 0 Å². The highest BCUT2D eigenvalue weighted by Crippen LogP contribution is 2.42. The van der Waals surface area contributed by atoms with Gasteiger partial charge >= 0.3 is 0 Å². The molecule has 90 valence electrons. The molecule has 2 rings (SSSR count). The quantitative estimate of drug-likeness (QED) is 0.873. The lowest BCUT2D eigenvalue weighted by atomic mass is 10.1. The maximum atomic E-state index is 10.4. The van der Waals surface area contributed by atoms with Crippen LogP contribution in [0.25, 0.3) is 0 Å². The Morgan fingerprint density at radius 1 is 1.38 bits per heavy atom. The smallest absolute Gasteiger partial charge is 0.0935 e. The molecule has 1 nitrogen and oxygen atoms in total. The standard InChI is InChI=1S/C11H15BrOS3/c1-6-7(2)16-10(5-15-6)11(13)8-3-14-4-9(8)12/h3-4,6-7,10-11,13H,5H2,1-2H3. The molecule has 0 bridgehead atoms. The third-order valence-electron chi connectivity index (χ3n) is 2.89. The van der Waals surface area contributed by atoms with Crippen LogP contribution in [0.4, 0.5) is 0 Å². The Morgan fingerprint density at radius 3 is 2.69 bits per heavy atom. The third kappa shape index (κ3) is 2.80. The molecule has 0 aromatic carbocycles. The Balaban J connectivity index is 2.06. The van der Waals surface area contributed by atoms with Crippen LogP contribution < -0.4 is 0 Å². The number of rotatable bonds is 2. The van der Waals surface area contributed by atoms with Crippen molar-refractivity contribution in [2.75, 3.05) is 5.75 Å². The fourth-order valence-electron chi connectivity index (χ4n) is 1.68. The normalized spacial score (nSPS) is 32.6. The Labute approximate surface area is 118 Å². The molecule has 0 spiro atoms. The van der Waals surface area contributed by atoms with Crippen LogP contribution in [0.5, 0.6) is 0 Å². The van der Waals surface area contributed by atoms with E-state index in [2.05, 4.69) is 29.8 Å². The number of thiophene rings is 1. The van der Waals surface area contributed by atoms with Crippen molar-refractivity contribution < 1.29 is 5.11 Å². The maximum Gasteiger partial charge on any atom is 0.0935 e. The lowest BCUT2D eigenvalue weighted by molar-refractivity contribution is 0.180. The second kappa shape index (κ2) is 5.65. The van der Waals surface area contributed by atoms with Crippen LogP contribution in [0.1, 0.15) is 25.5 Å². The summed E-state index contributed by atoms with van der Waals surface area (Å²) in [7, 11) is 0. The molecule has 1 fully saturated rings. The zero-order valence-corrected chi connectivity index (χ0v) is 13.3. The SMILES string of the molecule is CC1SCC(C(O)c2cscc2Br)SC1C. The van der Waals surface area contributed by atoms with Gasteiger partial charge in [-0.05, 0) is 21.3 Å². The lowest BCUT2D eigenvalue weighted by Gasteiger charge is -2.33. The number of hydrogen-bond acceptors (Lipinski definition) is 4. The first-order valence-corrected chi connectivity index (χ1v) is 8.99. The molecule has 1 saturated heterocycles. The van der Waals surface area contributed by atoms with Crippen molar-refractivity contribution in [3.05, 3.63) is 20.8 Å². The number of aliphatic hydroxyl groups is 1. The number of thioether (sulfide) groups is 2. The molecule has 2 heterocycles. The van der Waals surface area contributed by atoms with Gasteiger partial charge in [0.15, 0.2) is 0 Å². The fraction of sp³-hybridized carbons (Fsp3) is 0.636. The van der Waals surface area contributed by atoms with E-state index in [-0.39, 0.29) is 6.10 Å². The summed E-state index contributed by atoms with van der Waals surface area (Å²) in [6, 6.07) is 0. The molecule has 0 amide bonds. The molecule has 1 aromatic rings. The highest BCUT2D eigenvalue weighted by Gasteiger charge is 2.31. The van der Waals surface area contributed by atoms with Crippen LogP contribution in [-0.4, -0.2) is 26.6 Å². The van der Waals surface area contributed by atoms with Crippen molar-refractivity contribution in [2.45, 2.75) is 35.7 Å². The summed E-state index contributed by atoms with van der Waals surface area (Å²) in [5.74, 6) is 1.04. The molecule has 1 N–H and O–H groups in total. The van der Waals surface area contributed by atoms with Crippen LogP contribution in [0.15, 0.2) is 15.2 Å². The summed E-state index contributed by atoms with van der Waals surface area (Å²) in [6.45, 7) is 4.52. The number of halogens is 1. The van der Waals surface area contributed by atoms with E-state index >= 15 is 0 Å². The molecule has 4 unspecified atom stereocenters. The molecule has 0 radical (unpaired) electrons. The number of hydrogen-bond donors (Lipinski definition) is 1. The first-order valence-electron chi connectivity index (χ1n) is 5.26. The monoisotopic (exact) mass is 338 g/mol. The maximum absolute atomic E-state index is 10.4. The van der Waals surface area contributed by atoms with E-state index in [4.69, 9.17) is 0 Å². The molecule has 1 aliphatic rings. The summed E-state index contributed by atoms with van der Waals surface area (Å²) in [4.78, 5) is 0. The van der Waals surface area contributed by atoms with E-state index in [1.54, 1.807) is 11.3 Å².